The van der Waals surface area contributed by atoms with Gasteiger partial charge in [0.1, 0.15) is 17.3 Å². The molecule has 1 fully saturated rings. The van der Waals surface area contributed by atoms with E-state index in [-0.39, 0.29) is 11.3 Å². The number of aliphatic hydroxyl groups excluding tert-OH is 1. The Hall–Kier alpha value is -3.32. The van der Waals surface area contributed by atoms with Crippen LogP contribution in [-0.4, -0.2) is 68.0 Å². The number of nitrogens with zero attached hydrogens (tertiary/aromatic N) is 2. The molecule has 0 saturated carbocycles. The van der Waals surface area contributed by atoms with Crippen LogP contribution in [-0.2, 0) is 9.59 Å². The molecule has 0 aliphatic carbocycles. The summed E-state index contributed by atoms with van der Waals surface area (Å²) in [6.07, 6.45) is 0. The molecule has 3 rings (SSSR count). The second-order valence-corrected chi connectivity index (χ2v) is 7.30. The monoisotopic (exact) mass is 410 g/mol. The number of amides is 1. The van der Waals surface area contributed by atoms with E-state index in [2.05, 4.69) is 0 Å². The van der Waals surface area contributed by atoms with E-state index in [1.807, 2.05) is 25.1 Å². The molecule has 0 spiro atoms. The van der Waals surface area contributed by atoms with Crippen LogP contribution in [0.1, 0.15) is 17.2 Å². The highest BCUT2D eigenvalue weighted by Gasteiger charge is 2.46. The molecule has 7 nitrogen and oxygen atoms in total. The van der Waals surface area contributed by atoms with Gasteiger partial charge in [0.05, 0.1) is 25.8 Å². The van der Waals surface area contributed by atoms with Crippen LogP contribution in [0.25, 0.3) is 5.76 Å². The van der Waals surface area contributed by atoms with Gasteiger partial charge in [0, 0.05) is 18.7 Å². The fraction of sp³-hybridized carbons (Fsp3) is 0.304. The van der Waals surface area contributed by atoms with E-state index in [4.69, 9.17) is 9.47 Å². The number of ether oxygens (including phenoxy) is 2. The van der Waals surface area contributed by atoms with Gasteiger partial charge in [-0.1, -0.05) is 24.3 Å². The minimum atomic E-state index is -0.716. The summed E-state index contributed by atoms with van der Waals surface area (Å²) in [6.45, 7) is 0.918. The molecule has 1 aliphatic heterocycles. The maximum Gasteiger partial charge on any atom is 0.295 e. The number of carbonyl (C=O) groups excluding carboxylic acids is 2. The van der Waals surface area contributed by atoms with E-state index in [9.17, 15) is 14.7 Å². The van der Waals surface area contributed by atoms with E-state index in [0.29, 0.717) is 35.7 Å². The van der Waals surface area contributed by atoms with Crippen LogP contribution >= 0.6 is 0 Å². The third-order valence-corrected chi connectivity index (χ3v) is 5.08. The van der Waals surface area contributed by atoms with Crippen LogP contribution in [0.2, 0.25) is 0 Å². The third kappa shape index (κ3) is 4.16. The predicted molar refractivity (Wildman–Crippen MR) is 114 cm³/mol. The van der Waals surface area contributed by atoms with Crippen LogP contribution in [0, 0.1) is 0 Å². The molecule has 0 bridgehead atoms. The van der Waals surface area contributed by atoms with E-state index < -0.39 is 17.7 Å². The summed E-state index contributed by atoms with van der Waals surface area (Å²) in [5.41, 5.74) is 1.16. The highest BCUT2D eigenvalue weighted by atomic mass is 16.5. The third-order valence-electron chi connectivity index (χ3n) is 5.08. The first kappa shape index (κ1) is 21.4. The lowest BCUT2D eigenvalue weighted by Gasteiger charge is -2.26. The molecule has 0 aromatic heterocycles. The van der Waals surface area contributed by atoms with E-state index in [0.717, 1.165) is 0 Å². The SMILES string of the molecule is COc1cccc(C(O)=C2C(=O)C(=O)N(CCN(C)C)C2c2cccc(OC)c2)c1. The number of hydrogen-bond acceptors (Lipinski definition) is 6. The molecular weight excluding hydrogens is 384 g/mol. The van der Waals surface area contributed by atoms with Crippen molar-refractivity contribution in [2.75, 3.05) is 41.4 Å². The summed E-state index contributed by atoms with van der Waals surface area (Å²) >= 11 is 0. The molecule has 0 radical (unpaired) electrons. The number of ketones is 1. The van der Waals surface area contributed by atoms with Gasteiger partial charge in [-0.25, -0.2) is 0 Å². The maximum absolute atomic E-state index is 13.0. The highest BCUT2D eigenvalue weighted by Crippen LogP contribution is 2.40. The first-order valence-corrected chi connectivity index (χ1v) is 9.59. The molecule has 30 heavy (non-hydrogen) atoms. The largest absolute Gasteiger partial charge is 0.507 e. The Bertz CT molecular complexity index is 983. The first-order valence-electron chi connectivity index (χ1n) is 9.59. The molecule has 1 unspecified atom stereocenters. The van der Waals surface area contributed by atoms with Gasteiger partial charge in [-0.15, -0.1) is 0 Å². The van der Waals surface area contributed by atoms with Gasteiger partial charge in [-0.2, -0.15) is 0 Å². The van der Waals surface area contributed by atoms with E-state index >= 15 is 0 Å². The summed E-state index contributed by atoms with van der Waals surface area (Å²) < 4.78 is 10.5. The second kappa shape index (κ2) is 9.00. The molecule has 1 aliphatic rings. The number of methoxy groups -OCH3 is 2. The van der Waals surface area contributed by atoms with Crippen molar-refractivity contribution in [3.8, 4) is 11.5 Å². The Balaban J connectivity index is 2.16. The van der Waals surface area contributed by atoms with Crippen molar-refractivity contribution in [3.63, 3.8) is 0 Å². The van der Waals surface area contributed by atoms with Gasteiger partial charge in [-0.3, -0.25) is 9.59 Å². The number of Topliss-reactive ketones (excluding diaryl/α,β-unsaturated/α-hetero) is 1. The van der Waals surface area contributed by atoms with E-state index in [1.54, 1.807) is 49.6 Å². The average Bonchev–Trinajstić information content (AvgIpc) is 3.01. The number of carbonyl (C=O) groups is 2. The molecular formula is C23H26N2O5. The zero-order chi connectivity index (χ0) is 21.8. The molecule has 2 aromatic rings. The van der Waals surface area contributed by atoms with Crippen molar-refractivity contribution < 1.29 is 24.2 Å². The smallest absolute Gasteiger partial charge is 0.295 e. The lowest BCUT2D eigenvalue weighted by Crippen LogP contribution is -2.35. The Labute approximate surface area is 176 Å². The zero-order valence-corrected chi connectivity index (χ0v) is 17.6. The minimum Gasteiger partial charge on any atom is -0.507 e. The summed E-state index contributed by atoms with van der Waals surface area (Å²) in [5.74, 6) is -0.422. The van der Waals surface area contributed by atoms with Gasteiger partial charge in [0.2, 0.25) is 0 Å². The van der Waals surface area contributed by atoms with Gasteiger partial charge >= 0.3 is 0 Å². The normalized spacial score (nSPS) is 18.2. The zero-order valence-electron chi connectivity index (χ0n) is 17.6. The van der Waals surface area contributed by atoms with Gasteiger partial charge in [-0.05, 0) is 43.9 Å². The lowest BCUT2D eigenvalue weighted by atomic mass is 9.95. The summed E-state index contributed by atoms with van der Waals surface area (Å²) in [7, 11) is 6.87. The number of rotatable bonds is 7. The molecule has 2 aromatic carbocycles. The number of benzene rings is 2. The molecule has 1 N–H and O–H groups in total. The van der Waals surface area contributed by atoms with Crippen LogP contribution < -0.4 is 9.47 Å². The fourth-order valence-electron chi connectivity index (χ4n) is 3.50. The van der Waals surface area contributed by atoms with Crippen LogP contribution in [0.4, 0.5) is 0 Å². The Morgan fingerprint density at radius 1 is 1.03 bits per heavy atom. The molecule has 1 amide bonds. The van der Waals surface area contributed by atoms with Crippen LogP contribution in [0.5, 0.6) is 11.5 Å². The van der Waals surface area contributed by atoms with Gasteiger partial charge in [0.15, 0.2) is 0 Å². The maximum atomic E-state index is 13.0. The summed E-state index contributed by atoms with van der Waals surface area (Å²) in [5, 5.41) is 11.1. The fourth-order valence-corrected chi connectivity index (χ4v) is 3.50. The quantitative estimate of drug-likeness (QED) is 0.430. The molecule has 1 saturated heterocycles. The molecule has 158 valence electrons. The topological polar surface area (TPSA) is 79.3 Å². The number of hydrogen-bond donors (Lipinski definition) is 1. The van der Waals surface area contributed by atoms with Crippen LogP contribution in [0.15, 0.2) is 54.1 Å². The van der Waals surface area contributed by atoms with Gasteiger partial charge < -0.3 is 24.4 Å². The predicted octanol–water partition coefficient (Wildman–Crippen LogP) is 2.69. The first-order chi connectivity index (χ1) is 14.4. The second-order valence-electron chi connectivity index (χ2n) is 7.30. The van der Waals surface area contributed by atoms with Crippen molar-refractivity contribution in [2.45, 2.75) is 6.04 Å². The number of likely N-dealkylation sites (N-methyl/N-ethyl adjacent to an activating group) is 1. The van der Waals surface area contributed by atoms with Crippen LogP contribution in [0.3, 0.4) is 0 Å². The van der Waals surface area contributed by atoms with Gasteiger partial charge in [0.25, 0.3) is 11.7 Å². The minimum absolute atomic E-state index is 0.0558. The standard InChI is InChI=1S/C23H26N2O5/c1-24(2)11-12-25-20(15-7-5-9-17(13-15)29-3)19(22(27)23(25)28)21(26)16-8-6-10-18(14-16)30-4/h5-10,13-14,20,26H,11-12H2,1-4H3. The number of aliphatic hydroxyl groups is 1. The molecule has 1 atom stereocenters. The Morgan fingerprint density at radius 3 is 2.30 bits per heavy atom. The van der Waals surface area contributed by atoms with Crippen molar-refractivity contribution in [3.05, 3.63) is 65.2 Å². The summed E-state index contributed by atoms with van der Waals surface area (Å²) in [4.78, 5) is 29.3. The van der Waals surface area contributed by atoms with Crippen molar-refractivity contribution >= 4 is 17.4 Å². The molecule has 7 heteroatoms. The van der Waals surface area contributed by atoms with Crippen molar-refractivity contribution in [1.82, 2.24) is 9.80 Å². The highest BCUT2D eigenvalue weighted by molar-refractivity contribution is 6.46. The Kier molecular flexibility index (Phi) is 6.42. The number of likely N-dealkylation sites (tertiary alicyclic amines) is 1. The van der Waals surface area contributed by atoms with Crippen molar-refractivity contribution in [2.24, 2.45) is 0 Å². The average molecular weight is 410 g/mol. The summed E-state index contributed by atoms with van der Waals surface area (Å²) in [6, 6.07) is 13.2. The Morgan fingerprint density at radius 2 is 1.67 bits per heavy atom. The molecule has 1 heterocycles. The van der Waals surface area contributed by atoms with E-state index in [1.165, 1.54) is 12.0 Å². The lowest BCUT2D eigenvalue weighted by molar-refractivity contribution is -0.140. The van der Waals surface area contributed by atoms with Crippen molar-refractivity contribution in [1.29, 1.82) is 0 Å².